The quantitative estimate of drug-likeness (QED) is 0.305. The van der Waals surface area contributed by atoms with Crippen molar-refractivity contribution in [3.05, 3.63) is 89.1 Å². The Balaban J connectivity index is 0.00000272. The van der Waals surface area contributed by atoms with E-state index in [1.807, 2.05) is 48.8 Å². The van der Waals surface area contributed by atoms with Gasteiger partial charge >= 0.3 is 5.97 Å². The van der Waals surface area contributed by atoms with Crippen LogP contribution in [0.2, 0.25) is 0 Å². The second-order valence-electron chi connectivity index (χ2n) is 7.10. The molecule has 6 heteroatoms. The predicted octanol–water partition coefficient (Wildman–Crippen LogP) is 3.36. The van der Waals surface area contributed by atoms with Crippen LogP contribution in [0.25, 0.3) is 21.8 Å². The molecular weight excluding hydrogens is 472 g/mol. The van der Waals surface area contributed by atoms with Crippen molar-refractivity contribution in [3.8, 4) is 27.6 Å². The van der Waals surface area contributed by atoms with Crippen LogP contribution in [0.1, 0.15) is 35.0 Å². The monoisotopic (exact) mass is 493 g/mol. The standard InChI is InChI=1S/C25H22N2O2S.BrH/c1-3-4-21-15-20(13-14-26-21)24-27-23(16-30-24)18-9-11-22(12-10-18)29-25(28)19-7-5-17(2)6-8-19;/h5-16H,3-4H2,1-2H3;1H/p-1. The van der Waals surface area contributed by atoms with Crippen molar-refractivity contribution in [2.24, 2.45) is 0 Å². The molecule has 2 heterocycles. The molecule has 4 aromatic rings. The van der Waals surface area contributed by atoms with Gasteiger partial charge in [-0.05, 0) is 61.9 Å². The molecule has 0 amide bonds. The summed E-state index contributed by atoms with van der Waals surface area (Å²) in [5, 5.41) is 3.02. The van der Waals surface area contributed by atoms with E-state index in [0.717, 1.165) is 45.9 Å². The molecule has 31 heavy (non-hydrogen) atoms. The van der Waals surface area contributed by atoms with Crippen LogP contribution in [-0.4, -0.2) is 15.9 Å². The maximum Gasteiger partial charge on any atom is 0.343 e. The van der Waals surface area contributed by atoms with Crippen molar-refractivity contribution < 1.29 is 26.5 Å². The molecule has 0 saturated heterocycles. The lowest BCUT2D eigenvalue weighted by Crippen LogP contribution is -3.00. The zero-order valence-corrected chi connectivity index (χ0v) is 19.7. The van der Waals surface area contributed by atoms with Crippen LogP contribution in [0.5, 0.6) is 5.75 Å². The van der Waals surface area contributed by atoms with E-state index in [2.05, 4.69) is 18.0 Å². The summed E-state index contributed by atoms with van der Waals surface area (Å²) in [5.74, 6) is 0.150. The van der Waals surface area contributed by atoms with Gasteiger partial charge in [0.25, 0.3) is 0 Å². The molecule has 0 unspecified atom stereocenters. The maximum absolute atomic E-state index is 12.3. The highest BCUT2D eigenvalue weighted by Gasteiger charge is 2.10. The van der Waals surface area contributed by atoms with Gasteiger partial charge in [-0.3, -0.25) is 4.98 Å². The number of hydrogen-bond donors (Lipinski definition) is 0. The van der Waals surface area contributed by atoms with E-state index in [0.29, 0.717) is 11.3 Å². The molecule has 0 radical (unpaired) electrons. The van der Waals surface area contributed by atoms with Gasteiger partial charge in [0.05, 0.1) is 11.3 Å². The van der Waals surface area contributed by atoms with Crippen LogP contribution in [0.3, 0.4) is 0 Å². The molecule has 0 atom stereocenters. The number of thiazole rings is 1. The molecule has 158 valence electrons. The lowest BCUT2D eigenvalue weighted by atomic mass is 10.1. The molecule has 2 aromatic carbocycles. The summed E-state index contributed by atoms with van der Waals surface area (Å²) in [5.41, 5.74) is 5.70. The number of nitrogens with zero attached hydrogens (tertiary/aromatic N) is 2. The molecule has 0 spiro atoms. The molecule has 4 nitrogen and oxygen atoms in total. The van der Waals surface area contributed by atoms with Crippen molar-refractivity contribution in [1.82, 2.24) is 9.97 Å². The van der Waals surface area contributed by atoms with Gasteiger partial charge in [-0.1, -0.05) is 31.0 Å². The Morgan fingerprint density at radius 1 is 1.00 bits per heavy atom. The Bertz CT molecular complexity index is 1150. The first kappa shape index (κ1) is 22.8. The number of carbonyl (C=O) groups is 1. The second-order valence-corrected chi connectivity index (χ2v) is 7.96. The second kappa shape index (κ2) is 10.5. The van der Waals surface area contributed by atoms with Crippen molar-refractivity contribution in [1.29, 1.82) is 0 Å². The lowest BCUT2D eigenvalue weighted by molar-refractivity contribution is -0.0000190. The fraction of sp³-hybridized carbons (Fsp3) is 0.160. The SMILES string of the molecule is CCCc1cc(-c2nc(-c3ccc(OC(=O)c4ccc(C)cc4)cc3)cs2)ccn1.[Br-]. The summed E-state index contributed by atoms with van der Waals surface area (Å²) in [6.45, 7) is 4.13. The van der Waals surface area contributed by atoms with Gasteiger partial charge in [0.15, 0.2) is 0 Å². The molecule has 0 aliphatic heterocycles. The molecule has 0 saturated carbocycles. The smallest absolute Gasteiger partial charge is 0.343 e. The van der Waals surface area contributed by atoms with Crippen molar-refractivity contribution in [3.63, 3.8) is 0 Å². The van der Waals surface area contributed by atoms with Gasteiger partial charge < -0.3 is 21.7 Å². The Kier molecular flexibility index (Phi) is 7.71. The minimum absolute atomic E-state index is 0. The molecule has 0 aliphatic rings. The number of benzene rings is 2. The normalized spacial score (nSPS) is 10.4. The number of hydrogen-bond acceptors (Lipinski definition) is 5. The summed E-state index contributed by atoms with van der Waals surface area (Å²) in [6, 6.07) is 18.9. The van der Waals surface area contributed by atoms with E-state index in [1.54, 1.807) is 35.6 Å². The summed E-state index contributed by atoms with van der Waals surface area (Å²) in [6.07, 6.45) is 3.88. The average molecular weight is 494 g/mol. The zero-order valence-electron chi connectivity index (χ0n) is 17.3. The summed E-state index contributed by atoms with van der Waals surface area (Å²) >= 11 is 1.61. The number of pyridine rings is 1. The number of carbonyl (C=O) groups excluding carboxylic acids is 1. The van der Waals surface area contributed by atoms with E-state index in [1.165, 1.54) is 0 Å². The third kappa shape index (κ3) is 5.66. The van der Waals surface area contributed by atoms with E-state index >= 15 is 0 Å². The van der Waals surface area contributed by atoms with Crippen LogP contribution in [0.4, 0.5) is 0 Å². The van der Waals surface area contributed by atoms with Gasteiger partial charge in [-0.25, -0.2) is 9.78 Å². The number of halogens is 1. The molecular formula is C25H22BrN2O2S-. The zero-order chi connectivity index (χ0) is 20.9. The minimum atomic E-state index is -0.362. The highest BCUT2D eigenvalue weighted by Crippen LogP contribution is 2.30. The Labute approximate surface area is 196 Å². The van der Waals surface area contributed by atoms with Gasteiger partial charge in [-0.15, -0.1) is 11.3 Å². The number of rotatable bonds is 6. The molecule has 0 aliphatic carbocycles. The fourth-order valence-electron chi connectivity index (χ4n) is 3.09. The van der Waals surface area contributed by atoms with E-state index in [-0.39, 0.29) is 23.0 Å². The third-order valence-electron chi connectivity index (χ3n) is 4.72. The molecule has 0 fully saturated rings. The fourth-order valence-corrected chi connectivity index (χ4v) is 3.92. The summed E-state index contributed by atoms with van der Waals surface area (Å²) in [7, 11) is 0. The molecule has 4 rings (SSSR count). The average Bonchev–Trinajstić information content (AvgIpc) is 3.25. The minimum Gasteiger partial charge on any atom is -1.00 e. The largest absolute Gasteiger partial charge is 1.00 e. The van der Waals surface area contributed by atoms with Gasteiger partial charge in [0, 0.05) is 28.4 Å². The lowest BCUT2D eigenvalue weighted by Gasteiger charge is -2.05. The van der Waals surface area contributed by atoms with Crippen LogP contribution >= 0.6 is 11.3 Å². The van der Waals surface area contributed by atoms with E-state index in [4.69, 9.17) is 9.72 Å². The predicted molar refractivity (Wildman–Crippen MR) is 121 cm³/mol. The van der Waals surface area contributed by atoms with Gasteiger partial charge in [-0.2, -0.15) is 0 Å². The Morgan fingerprint density at radius 3 is 2.45 bits per heavy atom. The Hall–Kier alpha value is -2.83. The highest BCUT2D eigenvalue weighted by molar-refractivity contribution is 7.13. The first-order valence-electron chi connectivity index (χ1n) is 9.92. The van der Waals surface area contributed by atoms with Crippen LogP contribution in [-0.2, 0) is 6.42 Å². The topological polar surface area (TPSA) is 52.1 Å². The first-order chi connectivity index (χ1) is 14.6. The molecule has 0 bridgehead atoms. The van der Waals surface area contributed by atoms with Crippen molar-refractivity contribution in [2.45, 2.75) is 26.7 Å². The number of esters is 1. The van der Waals surface area contributed by atoms with Gasteiger partial charge in [0.1, 0.15) is 10.8 Å². The van der Waals surface area contributed by atoms with Crippen molar-refractivity contribution in [2.75, 3.05) is 0 Å². The summed E-state index contributed by atoms with van der Waals surface area (Å²) in [4.78, 5) is 21.5. The number of aromatic nitrogens is 2. The number of ether oxygens (including phenoxy) is 1. The van der Waals surface area contributed by atoms with Crippen LogP contribution in [0.15, 0.2) is 72.2 Å². The van der Waals surface area contributed by atoms with Crippen LogP contribution in [0, 0.1) is 6.92 Å². The number of aryl methyl sites for hydroxylation is 2. The van der Waals surface area contributed by atoms with Crippen LogP contribution < -0.4 is 21.7 Å². The van der Waals surface area contributed by atoms with Gasteiger partial charge in [0.2, 0.25) is 0 Å². The van der Waals surface area contributed by atoms with E-state index < -0.39 is 0 Å². The Morgan fingerprint density at radius 2 is 1.74 bits per heavy atom. The molecule has 2 aromatic heterocycles. The van der Waals surface area contributed by atoms with E-state index in [9.17, 15) is 4.79 Å². The van der Waals surface area contributed by atoms with Crippen molar-refractivity contribution >= 4 is 17.3 Å². The highest BCUT2D eigenvalue weighted by atomic mass is 79.9. The summed E-state index contributed by atoms with van der Waals surface area (Å²) < 4.78 is 5.48. The maximum atomic E-state index is 12.3. The first-order valence-corrected chi connectivity index (χ1v) is 10.8. The molecule has 0 N–H and O–H groups in total. The third-order valence-corrected chi connectivity index (χ3v) is 5.61.